The molecule has 7 heteroatoms. The molecular formula is C6H10O7. The van der Waals surface area contributed by atoms with E-state index in [1.54, 1.807) is 0 Å². The van der Waals surface area contributed by atoms with Crippen LogP contribution in [0, 0.1) is 0 Å². The van der Waals surface area contributed by atoms with Crippen LogP contribution in [0.5, 0.6) is 0 Å². The highest BCUT2D eigenvalue weighted by Gasteiger charge is 2.50. The maximum atomic E-state index is 10.4. The number of aliphatic carboxylic acids is 1. The van der Waals surface area contributed by atoms with Crippen molar-refractivity contribution < 1.29 is 35.1 Å². The molecule has 13 heavy (non-hydrogen) atoms. The Labute approximate surface area is 72.9 Å². The average Bonchev–Trinajstić information content (AvgIpc) is 2.13. The van der Waals surface area contributed by atoms with Crippen LogP contribution in [-0.2, 0) is 9.59 Å². The molecule has 0 bridgehead atoms. The van der Waals surface area contributed by atoms with Crippen LogP contribution in [0.2, 0.25) is 0 Å². The molecule has 0 aliphatic carbocycles. The number of aldehydes is 1. The highest BCUT2D eigenvalue weighted by atomic mass is 16.4. The van der Waals surface area contributed by atoms with E-state index >= 15 is 0 Å². The molecular weight excluding hydrogens is 184 g/mol. The van der Waals surface area contributed by atoms with Gasteiger partial charge < -0.3 is 30.3 Å². The van der Waals surface area contributed by atoms with Crippen molar-refractivity contribution in [2.45, 2.75) is 17.8 Å². The molecule has 5 N–H and O–H groups in total. The van der Waals surface area contributed by atoms with E-state index in [9.17, 15) is 9.59 Å². The number of carbonyl (C=O) groups is 2. The van der Waals surface area contributed by atoms with E-state index < -0.39 is 30.4 Å². The standard InChI is InChI=1S/C6H10O7/c7-1-3(9)6(13,5(11)12)4(10)2-8/h1,3-4,8-10,13H,2H2,(H,11,12). The molecule has 0 amide bonds. The fraction of sp³-hybridized carbons (Fsp3) is 0.667. The molecule has 76 valence electrons. The van der Waals surface area contributed by atoms with E-state index in [-0.39, 0.29) is 6.29 Å². The Kier molecular flexibility index (Phi) is 3.95. The SMILES string of the molecule is O=CC(O)C(O)(C(=O)O)C(O)CO. The Morgan fingerprint density at radius 3 is 2.15 bits per heavy atom. The van der Waals surface area contributed by atoms with Gasteiger partial charge in [0.15, 0.2) is 12.4 Å². The first-order valence-corrected chi connectivity index (χ1v) is 3.29. The Morgan fingerprint density at radius 2 is 1.92 bits per heavy atom. The van der Waals surface area contributed by atoms with Crippen molar-refractivity contribution >= 4 is 12.3 Å². The molecule has 0 rings (SSSR count). The molecule has 7 nitrogen and oxygen atoms in total. The molecule has 0 aliphatic heterocycles. The number of carboxylic acid groups (broad SMARTS) is 1. The number of rotatable bonds is 5. The second kappa shape index (κ2) is 4.28. The van der Waals surface area contributed by atoms with Gasteiger partial charge in [-0.3, -0.25) is 0 Å². The zero-order chi connectivity index (χ0) is 10.6. The van der Waals surface area contributed by atoms with E-state index in [2.05, 4.69) is 0 Å². The quantitative estimate of drug-likeness (QED) is 0.289. The van der Waals surface area contributed by atoms with Crippen molar-refractivity contribution in [3.05, 3.63) is 0 Å². The zero-order valence-corrected chi connectivity index (χ0v) is 6.49. The molecule has 0 aliphatic rings. The van der Waals surface area contributed by atoms with Gasteiger partial charge >= 0.3 is 5.97 Å². The Morgan fingerprint density at radius 1 is 1.46 bits per heavy atom. The van der Waals surface area contributed by atoms with Crippen molar-refractivity contribution in [2.24, 2.45) is 0 Å². The van der Waals surface area contributed by atoms with Crippen molar-refractivity contribution in [1.82, 2.24) is 0 Å². The van der Waals surface area contributed by atoms with Crippen LogP contribution in [0.25, 0.3) is 0 Å². The van der Waals surface area contributed by atoms with Crippen LogP contribution < -0.4 is 0 Å². The van der Waals surface area contributed by atoms with E-state index in [0.717, 1.165) is 0 Å². The first kappa shape index (κ1) is 12.0. The summed E-state index contributed by atoms with van der Waals surface area (Å²) in [5.41, 5.74) is -3.07. The van der Waals surface area contributed by atoms with Crippen LogP contribution >= 0.6 is 0 Å². The van der Waals surface area contributed by atoms with Crippen molar-refractivity contribution in [1.29, 1.82) is 0 Å². The minimum absolute atomic E-state index is 0.243. The third kappa shape index (κ3) is 2.01. The molecule has 0 aromatic heterocycles. The number of carboxylic acids is 1. The molecule has 0 aromatic rings. The monoisotopic (exact) mass is 194 g/mol. The van der Waals surface area contributed by atoms with Gasteiger partial charge in [0.25, 0.3) is 0 Å². The van der Waals surface area contributed by atoms with Gasteiger partial charge in [0.1, 0.15) is 6.10 Å². The number of aliphatic hydroxyl groups is 4. The Bertz CT molecular complexity index is 203. The fourth-order valence-corrected chi connectivity index (χ4v) is 0.709. The number of hydrogen-bond donors (Lipinski definition) is 5. The van der Waals surface area contributed by atoms with E-state index in [1.165, 1.54) is 0 Å². The lowest BCUT2D eigenvalue weighted by Gasteiger charge is -2.28. The van der Waals surface area contributed by atoms with Gasteiger partial charge in [-0.05, 0) is 0 Å². The third-order valence-corrected chi connectivity index (χ3v) is 1.60. The molecule has 0 saturated carbocycles. The average molecular weight is 194 g/mol. The largest absolute Gasteiger partial charge is 0.479 e. The van der Waals surface area contributed by atoms with Gasteiger partial charge in [-0.2, -0.15) is 0 Å². The highest BCUT2D eigenvalue weighted by Crippen LogP contribution is 2.15. The van der Waals surface area contributed by atoms with Crippen LogP contribution in [0.15, 0.2) is 0 Å². The summed E-state index contributed by atoms with van der Waals surface area (Å²) in [5, 5.41) is 43.5. The topological polar surface area (TPSA) is 135 Å². The molecule has 0 aromatic carbocycles. The lowest BCUT2D eigenvalue weighted by atomic mass is 9.91. The van der Waals surface area contributed by atoms with Crippen molar-refractivity contribution in [2.75, 3.05) is 6.61 Å². The zero-order valence-electron chi connectivity index (χ0n) is 6.49. The molecule has 0 spiro atoms. The number of carbonyl (C=O) groups excluding carboxylic acids is 1. The van der Waals surface area contributed by atoms with Gasteiger partial charge in [-0.25, -0.2) is 4.79 Å². The summed E-state index contributed by atoms with van der Waals surface area (Å²) < 4.78 is 0. The van der Waals surface area contributed by atoms with Gasteiger partial charge in [0, 0.05) is 0 Å². The maximum Gasteiger partial charge on any atom is 0.341 e. The minimum atomic E-state index is -3.07. The summed E-state index contributed by atoms with van der Waals surface area (Å²) in [6.07, 6.45) is -4.68. The van der Waals surface area contributed by atoms with Crippen LogP contribution in [0.1, 0.15) is 0 Å². The molecule has 0 saturated heterocycles. The van der Waals surface area contributed by atoms with Crippen molar-refractivity contribution in [3.63, 3.8) is 0 Å². The van der Waals surface area contributed by atoms with E-state index in [0.29, 0.717) is 0 Å². The van der Waals surface area contributed by atoms with Crippen molar-refractivity contribution in [3.8, 4) is 0 Å². The highest BCUT2D eigenvalue weighted by molar-refractivity contribution is 5.83. The molecule has 3 unspecified atom stereocenters. The van der Waals surface area contributed by atoms with Gasteiger partial charge in [0.2, 0.25) is 5.60 Å². The van der Waals surface area contributed by atoms with E-state index in [4.69, 9.17) is 25.5 Å². The lowest BCUT2D eigenvalue weighted by Crippen LogP contribution is -2.60. The van der Waals surface area contributed by atoms with Crippen LogP contribution in [-0.4, -0.2) is 62.2 Å². The lowest BCUT2D eigenvalue weighted by molar-refractivity contribution is -0.194. The Balaban J connectivity index is 4.93. The number of aliphatic hydroxyl groups excluding tert-OH is 3. The summed E-state index contributed by atoms with van der Waals surface area (Å²) in [6.45, 7) is -1.09. The van der Waals surface area contributed by atoms with Gasteiger partial charge in [0.05, 0.1) is 6.61 Å². The predicted octanol–water partition coefficient (Wildman–Crippen LogP) is -3.28. The molecule has 0 radical (unpaired) electrons. The smallest absolute Gasteiger partial charge is 0.341 e. The Hall–Kier alpha value is -1.02. The third-order valence-electron chi connectivity index (χ3n) is 1.60. The van der Waals surface area contributed by atoms with Crippen LogP contribution in [0.4, 0.5) is 0 Å². The van der Waals surface area contributed by atoms with E-state index in [1.807, 2.05) is 0 Å². The van der Waals surface area contributed by atoms with Crippen LogP contribution in [0.3, 0.4) is 0 Å². The summed E-state index contributed by atoms with van der Waals surface area (Å²) in [5.74, 6) is -1.99. The van der Waals surface area contributed by atoms with Gasteiger partial charge in [-0.1, -0.05) is 0 Å². The second-order valence-electron chi connectivity index (χ2n) is 2.41. The minimum Gasteiger partial charge on any atom is -0.479 e. The summed E-state index contributed by atoms with van der Waals surface area (Å²) in [4.78, 5) is 20.4. The summed E-state index contributed by atoms with van der Waals surface area (Å²) >= 11 is 0. The molecule has 0 fully saturated rings. The second-order valence-corrected chi connectivity index (χ2v) is 2.41. The first-order valence-electron chi connectivity index (χ1n) is 3.29. The maximum absolute atomic E-state index is 10.4. The fourth-order valence-electron chi connectivity index (χ4n) is 0.709. The molecule has 0 heterocycles. The normalized spacial score (nSPS) is 20.0. The summed E-state index contributed by atoms with van der Waals surface area (Å²) in [7, 11) is 0. The predicted molar refractivity (Wildman–Crippen MR) is 37.7 cm³/mol. The first-order chi connectivity index (χ1) is 5.91. The number of hydrogen-bond acceptors (Lipinski definition) is 6. The van der Waals surface area contributed by atoms with Gasteiger partial charge in [-0.15, -0.1) is 0 Å². The molecule has 3 atom stereocenters. The summed E-state index contributed by atoms with van der Waals surface area (Å²) in [6, 6.07) is 0.